The maximum Gasteiger partial charge on any atom is 0.205 e. The van der Waals surface area contributed by atoms with Crippen molar-refractivity contribution in [2.75, 3.05) is 0 Å². The second-order valence-electron chi connectivity index (χ2n) is 5.49. The molecule has 0 bridgehead atoms. The fraction of sp³-hybridized carbons (Fsp3) is 0.500. The Morgan fingerprint density at radius 2 is 2.05 bits per heavy atom. The van der Waals surface area contributed by atoms with Gasteiger partial charge in [0.15, 0.2) is 6.19 Å². The van der Waals surface area contributed by atoms with Crippen molar-refractivity contribution in [2.24, 2.45) is 10.4 Å². The average molecular weight is 259 g/mol. The monoisotopic (exact) mass is 259 g/mol. The van der Waals surface area contributed by atoms with Crippen molar-refractivity contribution in [2.45, 2.75) is 40.3 Å². The first kappa shape index (κ1) is 15.0. The number of guanidine groups is 1. The fourth-order valence-corrected chi connectivity index (χ4v) is 1.25. The minimum Gasteiger partial charge on any atom is -0.353 e. The molecule has 2 N–H and O–H groups in total. The van der Waals surface area contributed by atoms with E-state index >= 15 is 0 Å². The van der Waals surface area contributed by atoms with E-state index in [1.54, 1.807) is 12.4 Å². The molecule has 102 valence electrons. The number of nitrogens with zero attached hydrogens (tertiary/aromatic N) is 3. The lowest BCUT2D eigenvalue weighted by Crippen LogP contribution is -2.46. The molecule has 0 radical (unpaired) electrons. The summed E-state index contributed by atoms with van der Waals surface area (Å²) in [4.78, 5) is 8.34. The molecular weight excluding hydrogens is 238 g/mol. The molecule has 0 aliphatic carbocycles. The zero-order valence-electron chi connectivity index (χ0n) is 11.9. The Kier molecular flexibility index (Phi) is 5.31. The van der Waals surface area contributed by atoms with E-state index in [4.69, 9.17) is 5.26 Å². The third kappa shape index (κ3) is 5.38. The Labute approximate surface area is 114 Å². The van der Waals surface area contributed by atoms with Gasteiger partial charge in [0.2, 0.25) is 5.96 Å². The van der Waals surface area contributed by atoms with Gasteiger partial charge in [0.1, 0.15) is 0 Å². The lowest BCUT2D eigenvalue weighted by atomic mass is 9.88. The minimum absolute atomic E-state index is 0.0918. The molecule has 1 aromatic heterocycles. The molecule has 1 unspecified atom stereocenters. The Hall–Kier alpha value is -2.09. The maximum atomic E-state index is 8.76. The van der Waals surface area contributed by atoms with Crippen molar-refractivity contribution in [3.05, 3.63) is 30.1 Å². The van der Waals surface area contributed by atoms with Gasteiger partial charge in [-0.1, -0.05) is 20.8 Å². The van der Waals surface area contributed by atoms with Crippen molar-refractivity contribution in [3.8, 4) is 6.19 Å². The van der Waals surface area contributed by atoms with E-state index in [1.807, 2.05) is 18.3 Å². The Morgan fingerprint density at radius 3 is 2.58 bits per heavy atom. The van der Waals surface area contributed by atoms with Crippen LogP contribution in [0, 0.1) is 16.9 Å². The molecule has 1 rings (SSSR count). The van der Waals surface area contributed by atoms with Crippen molar-refractivity contribution >= 4 is 5.96 Å². The summed E-state index contributed by atoms with van der Waals surface area (Å²) in [7, 11) is 0. The van der Waals surface area contributed by atoms with Gasteiger partial charge in [-0.25, -0.2) is 4.99 Å². The second kappa shape index (κ2) is 6.74. The molecule has 1 heterocycles. The summed E-state index contributed by atoms with van der Waals surface area (Å²) in [6.45, 7) is 8.99. The van der Waals surface area contributed by atoms with Crippen LogP contribution >= 0.6 is 0 Å². The van der Waals surface area contributed by atoms with E-state index in [9.17, 15) is 0 Å². The van der Waals surface area contributed by atoms with Crippen molar-refractivity contribution in [1.29, 1.82) is 5.26 Å². The van der Waals surface area contributed by atoms with Crippen LogP contribution in [0.1, 0.15) is 33.3 Å². The first-order chi connectivity index (χ1) is 8.93. The molecule has 0 saturated heterocycles. The number of hydrogen-bond acceptors (Lipinski definition) is 3. The fourth-order valence-electron chi connectivity index (χ4n) is 1.25. The average Bonchev–Trinajstić information content (AvgIpc) is 2.36. The van der Waals surface area contributed by atoms with Gasteiger partial charge in [0.05, 0.1) is 6.54 Å². The molecule has 1 atom stereocenters. The third-order valence-electron chi connectivity index (χ3n) is 3.00. The zero-order valence-corrected chi connectivity index (χ0v) is 11.9. The predicted octanol–water partition coefficient (Wildman–Crippen LogP) is 2.03. The third-order valence-corrected chi connectivity index (χ3v) is 3.00. The molecule has 0 aromatic carbocycles. The number of rotatable bonds is 3. The molecular formula is C14H21N5. The number of aliphatic imine (C=N–C) groups is 1. The number of pyridine rings is 1. The van der Waals surface area contributed by atoms with E-state index in [1.165, 1.54) is 0 Å². The molecule has 0 spiro atoms. The van der Waals surface area contributed by atoms with Crippen molar-refractivity contribution in [3.63, 3.8) is 0 Å². The van der Waals surface area contributed by atoms with Crippen LogP contribution in [0.3, 0.4) is 0 Å². The first-order valence-electron chi connectivity index (χ1n) is 6.28. The van der Waals surface area contributed by atoms with E-state index in [-0.39, 0.29) is 11.5 Å². The summed E-state index contributed by atoms with van der Waals surface area (Å²) in [5, 5.41) is 14.6. The summed E-state index contributed by atoms with van der Waals surface area (Å²) in [5.41, 5.74) is 1.15. The highest BCUT2D eigenvalue weighted by molar-refractivity contribution is 5.81. The highest BCUT2D eigenvalue weighted by Crippen LogP contribution is 2.18. The van der Waals surface area contributed by atoms with Gasteiger partial charge < -0.3 is 5.32 Å². The summed E-state index contributed by atoms with van der Waals surface area (Å²) in [5.74, 6) is 0.502. The largest absolute Gasteiger partial charge is 0.353 e. The standard InChI is InChI=1S/C14H21N5/c1-11(14(2,3)4)19-13(18-10-15)17-9-12-5-7-16-8-6-12/h5-8,11H,9H2,1-4H3,(H2,17,18,19). The van der Waals surface area contributed by atoms with E-state index in [0.717, 1.165) is 5.56 Å². The predicted molar refractivity (Wildman–Crippen MR) is 76.2 cm³/mol. The summed E-state index contributed by atoms with van der Waals surface area (Å²) in [6, 6.07) is 4.01. The van der Waals surface area contributed by atoms with Gasteiger partial charge in [0, 0.05) is 18.4 Å². The summed E-state index contributed by atoms with van der Waals surface area (Å²) >= 11 is 0. The molecule has 0 aliphatic heterocycles. The smallest absolute Gasteiger partial charge is 0.205 e. The van der Waals surface area contributed by atoms with Gasteiger partial charge in [-0.3, -0.25) is 10.3 Å². The van der Waals surface area contributed by atoms with Crippen molar-refractivity contribution < 1.29 is 0 Å². The molecule has 0 aliphatic rings. The summed E-state index contributed by atoms with van der Waals surface area (Å²) < 4.78 is 0. The number of aromatic nitrogens is 1. The van der Waals surface area contributed by atoms with Crippen LogP contribution in [0.25, 0.3) is 0 Å². The van der Waals surface area contributed by atoms with E-state index in [0.29, 0.717) is 12.5 Å². The number of hydrogen-bond donors (Lipinski definition) is 2. The molecule has 0 amide bonds. The molecule has 0 fully saturated rings. The van der Waals surface area contributed by atoms with E-state index in [2.05, 4.69) is 48.3 Å². The topological polar surface area (TPSA) is 73.1 Å². The van der Waals surface area contributed by atoms with Crippen LogP contribution < -0.4 is 10.6 Å². The number of nitriles is 1. The Bertz CT molecular complexity index is 453. The van der Waals surface area contributed by atoms with Gasteiger partial charge in [-0.15, -0.1) is 0 Å². The van der Waals surface area contributed by atoms with Crippen LogP contribution in [0.15, 0.2) is 29.5 Å². The molecule has 1 aromatic rings. The highest BCUT2D eigenvalue weighted by atomic mass is 15.2. The lowest BCUT2D eigenvalue weighted by Gasteiger charge is -2.28. The van der Waals surface area contributed by atoms with Crippen LogP contribution in [-0.2, 0) is 6.54 Å². The highest BCUT2D eigenvalue weighted by Gasteiger charge is 2.20. The van der Waals surface area contributed by atoms with Crippen LogP contribution in [0.2, 0.25) is 0 Å². The molecule has 19 heavy (non-hydrogen) atoms. The van der Waals surface area contributed by atoms with Gasteiger partial charge in [-0.2, -0.15) is 5.26 Å². The van der Waals surface area contributed by atoms with Crippen LogP contribution in [-0.4, -0.2) is 17.0 Å². The molecule has 5 heteroatoms. The second-order valence-corrected chi connectivity index (χ2v) is 5.49. The van der Waals surface area contributed by atoms with Gasteiger partial charge in [0.25, 0.3) is 0 Å². The Morgan fingerprint density at radius 1 is 1.42 bits per heavy atom. The zero-order chi connectivity index (χ0) is 14.3. The lowest BCUT2D eigenvalue weighted by molar-refractivity contribution is 0.314. The summed E-state index contributed by atoms with van der Waals surface area (Å²) in [6.07, 6.45) is 5.36. The molecule has 0 saturated carbocycles. The number of nitrogens with one attached hydrogen (secondary N) is 2. The Balaban J connectivity index is 2.70. The van der Waals surface area contributed by atoms with Gasteiger partial charge in [-0.05, 0) is 30.0 Å². The normalized spacial score (nSPS) is 13.5. The van der Waals surface area contributed by atoms with Crippen molar-refractivity contribution in [1.82, 2.24) is 15.6 Å². The van der Waals surface area contributed by atoms with E-state index < -0.39 is 0 Å². The quantitative estimate of drug-likeness (QED) is 0.377. The van der Waals surface area contributed by atoms with Crippen LogP contribution in [0.5, 0.6) is 0 Å². The maximum absolute atomic E-state index is 8.76. The minimum atomic E-state index is 0.0918. The molecule has 5 nitrogen and oxygen atoms in total. The SMILES string of the molecule is CC(NC(=NCc1ccncc1)NC#N)C(C)(C)C. The van der Waals surface area contributed by atoms with Gasteiger partial charge >= 0.3 is 0 Å². The van der Waals surface area contributed by atoms with Crippen LogP contribution in [0.4, 0.5) is 0 Å². The first-order valence-corrected chi connectivity index (χ1v) is 6.28.